The lowest BCUT2D eigenvalue weighted by Crippen LogP contribution is -2.30. The SMILES string of the molecule is O=C(NCCc1ccccc1)Nc1ccc(-c2cnns2)cc1. The average molecular weight is 324 g/mol. The van der Waals surface area contributed by atoms with Crippen LogP contribution in [0.5, 0.6) is 0 Å². The van der Waals surface area contributed by atoms with Gasteiger partial charge in [0.25, 0.3) is 0 Å². The highest BCUT2D eigenvalue weighted by molar-refractivity contribution is 7.09. The molecule has 0 fully saturated rings. The van der Waals surface area contributed by atoms with Crippen molar-refractivity contribution < 1.29 is 4.79 Å². The van der Waals surface area contributed by atoms with Gasteiger partial charge in [-0.1, -0.05) is 47.0 Å². The molecule has 0 aliphatic rings. The van der Waals surface area contributed by atoms with Crippen molar-refractivity contribution in [2.75, 3.05) is 11.9 Å². The molecule has 0 radical (unpaired) electrons. The third kappa shape index (κ3) is 4.37. The fourth-order valence-electron chi connectivity index (χ4n) is 2.15. The predicted molar refractivity (Wildman–Crippen MR) is 92.5 cm³/mol. The molecule has 23 heavy (non-hydrogen) atoms. The van der Waals surface area contributed by atoms with Crippen LogP contribution in [0.25, 0.3) is 10.4 Å². The summed E-state index contributed by atoms with van der Waals surface area (Å²) >= 11 is 1.34. The lowest BCUT2D eigenvalue weighted by atomic mass is 10.1. The predicted octanol–water partition coefficient (Wildman–Crippen LogP) is 3.57. The Hall–Kier alpha value is -2.73. The Bertz CT molecular complexity index is 742. The van der Waals surface area contributed by atoms with E-state index >= 15 is 0 Å². The molecule has 3 rings (SSSR count). The van der Waals surface area contributed by atoms with Crippen molar-refractivity contribution in [2.45, 2.75) is 6.42 Å². The number of aromatic nitrogens is 2. The molecular formula is C17H16N4OS. The molecule has 0 unspecified atom stereocenters. The average Bonchev–Trinajstić information content (AvgIpc) is 3.11. The monoisotopic (exact) mass is 324 g/mol. The summed E-state index contributed by atoms with van der Waals surface area (Å²) in [6, 6.07) is 17.5. The Morgan fingerprint density at radius 1 is 1.04 bits per heavy atom. The summed E-state index contributed by atoms with van der Waals surface area (Å²) < 4.78 is 3.84. The maximum Gasteiger partial charge on any atom is 0.319 e. The van der Waals surface area contributed by atoms with Gasteiger partial charge in [-0.15, -0.1) is 5.10 Å². The van der Waals surface area contributed by atoms with E-state index < -0.39 is 0 Å². The van der Waals surface area contributed by atoms with E-state index in [0.717, 1.165) is 22.5 Å². The summed E-state index contributed by atoms with van der Waals surface area (Å²) in [6.45, 7) is 0.598. The lowest BCUT2D eigenvalue weighted by Gasteiger charge is -2.08. The van der Waals surface area contributed by atoms with Crippen LogP contribution < -0.4 is 10.6 Å². The van der Waals surface area contributed by atoms with Gasteiger partial charge in [-0.2, -0.15) is 0 Å². The minimum atomic E-state index is -0.201. The second kappa shape index (κ2) is 7.51. The van der Waals surface area contributed by atoms with E-state index in [1.54, 1.807) is 6.20 Å². The molecule has 0 saturated carbocycles. The van der Waals surface area contributed by atoms with Crippen LogP contribution in [0.1, 0.15) is 5.56 Å². The fourth-order valence-corrected chi connectivity index (χ4v) is 2.67. The molecule has 0 spiro atoms. The maximum atomic E-state index is 11.9. The summed E-state index contributed by atoms with van der Waals surface area (Å²) in [5.41, 5.74) is 2.99. The number of rotatable bonds is 5. The van der Waals surface area contributed by atoms with Gasteiger partial charge in [0, 0.05) is 12.2 Å². The number of carbonyl (C=O) groups excluding carboxylic acids is 1. The van der Waals surface area contributed by atoms with Gasteiger partial charge in [-0.05, 0) is 41.2 Å². The summed E-state index contributed by atoms with van der Waals surface area (Å²) in [5, 5.41) is 9.49. The van der Waals surface area contributed by atoms with E-state index in [1.807, 2.05) is 54.6 Å². The number of hydrogen-bond acceptors (Lipinski definition) is 4. The smallest absolute Gasteiger partial charge is 0.319 e. The van der Waals surface area contributed by atoms with Gasteiger partial charge in [-0.25, -0.2) is 4.79 Å². The zero-order valence-corrected chi connectivity index (χ0v) is 13.2. The first-order valence-corrected chi connectivity index (χ1v) is 8.05. The highest BCUT2D eigenvalue weighted by Gasteiger charge is 2.03. The molecule has 6 heteroatoms. The Kier molecular flexibility index (Phi) is 4.95. The number of anilines is 1. The van der Waals surface area contributed by atoms with Crippen molar-refractivity contribution in [3.8, 4) is 10.4 Å². The number of hydrogen-bond donors (Lipinski definition) is 2. The third-order valence-electron chi connectivity index (χ3n) is 3.33. The molecule has 2 aromatic carbocycles. The largest absolute Gasteiger partial charge is 0.338 e. The standard InChI is InChI=1S/C17H16N4OS/c22-17(18-11-10-13-4-2-1-3-5-13)20-15-8-6-14(7-9-15)16-12-19-21-23-16/h1-9,12H,10-11H2,(H2,18,20,22). The van der Waals surface area contributed by atoms with Gasteiger partial charge in [0.15, 0.2) is 0 Å². The molecule has 0 aliphatic carbocycles. The Balaban J connectivity index is 1.48. The normalized spacial score (nSPS) is 10.3. The first kappa shape index (κ1) is 15.2. The number of carbonyl (C=O) groups is 1. The van der Waals surface area contributed by atoms with E-state index in [1.165, 1.54) is 17.1 Å². The molecule has 1 aromatic heterocycles. The summed E-state index contributed by atoms with van der Waals surface area (Å²) in [6.07, 6.45) is 2.54. The zero-order valence-electron chi connectivity index (χ0n) is 12.4. The van der Waals surface area contributed by atoms with E-state index in [9.17, 15) is 4.79 Å². The van der Waals surface area contributed by atoms with Crippen molar-refractivity contribution in [2.24, 2.45) is 0 Å². The minimum absolute atomic E-state index is 0.201. The van der Waals surface area contributed by atoms with Crippen LogP contribution in [-0.2, 0) is 6.42 Å². The maximum absolute atomic E-state index is 11.9. The fraction of sp³-hybridized carbons (Fsp3) is 0.118. The molecule has 116 valence electrons. The van der Waals surface area contributed by atoms with Crippen LogP contribution in [0.15, 0.2) is 60.8 Å². The summed E-state index contributed by atoms with van der Waals surface area (Å²) in [7, 11) is 0. The van der Waals surface area contributed by atoms with Crippen molar-refractivity contribution in [3.05, 3.63) is 66.4 Å². The third-order valence-corrected chi connectivity index (χ3v) is 4.04. The lowest BCUT2D eigenvalue weighted by molar-refractivity contribution is 0.252. The molecule has 0 aliphatic heterocycles. The summed E-state index contributed by atoms with van der Waals surface area (Å²) in [5.74, 6) is 0. The van der Waals surface area contributed by atoms with E-state index in [0.29, 0.717) is 6.54 Å². The van der Waals surface area contributed by atoms with Gasteiger partial charge < -0.3 is 10.6 Å². The first-order chi connectivity index (χ1) is 11.3. The van der Waals surface area contributed by atoms with Crippen LogP contribution in [0.3, 0.4) is 0 Å². The Morgan fingerprint density at radius 2 is 1.83 bits per heavy atom. The highest BCUT2D eigenvalue weighted by atomic mass is 32.1. The topological polar surface area (TPSA) is 66.9 Å². The van der Waals surface area contributed by atoms with Crippen LogP contribution in [0.4, 0.5) is 10.5 Å². The first-order valence-electron chi connectivity index (χ1n) is 7.28. The van der Waals surface area contributed by atoms with Crippen molar-refractivity contribution in [3.63, 3.8) is 0 Å². The number of nitrogens with zero attached hydrogens (tertiary/aromatic N) is 2. The number of amides is 2. The number of benzene rings is 2. The molecule has 1 heterocycles. The second-order valence-electron chi connectivity index (χ2n) is 4.98. The molecular weight excluding hydrogens is 308 g/mol. The van der Waals surface area contributed by atoms with Crippen molar-refractivity contribution >= 4 is 23.3 Å². The Morgan fingerprint density at radius 3 is 2.52 bits per heavy atom. The number of urea groups is 1. The van der Waals surface area contributed by atoms with Gasteiger partial charge in [0.2, 0.25) is 0 Å². The van der Waals surface area contributed by atoms with Crippen LogP contribution in [0.2, 0.25) is 0 Å². The minimum Gasteiger partial charge on any atom is -0.338 e. The molecule has 3 aromatic rings. The molecule has 0 atom stereocenters. The molecule has 5 nitrogen and oxygen atoms in total. The molecule has 2 N–H and O–H groups in total. The van der Waals surface area contributed by atoms with E-state index in [4.69, 9.17) is 0 Å². The Labute approximate surface area is 138 Å². The quantitative estimate of drug-likeness (QED) is 0.754. The molecule has 0 bridgehead atoms. The van der Waals surface area contributed by atoms with Crippen LogP contribution >= 0.6 is 11.5 Å². The van der Waals surface area contributed by atoms with E-state index in [2.05, 4.69) is 20.2 Å². The zero-order chi connectivity index (χ0) is 15.9. The van der Waals surface area contributed by atoms with Crippen LogP contribution in [0, 0.1) is 0 Å². The van der Waals surface area contributed by atoms with Gasteiger partial charge in [0.05, 0.1) is 11.1 Å². The van der Waals surface area contributed by atoms with Crippen LogP contribution in [-0.4, -0.2) is 22.2 Å². The highest BCUT2D eigenvalue weighted by Crippen LogP contribution is 2.23. The van der Waals surface area contributed by atoms with Gasteiger partial charge in [0.1, 0.15) is 0 Å². The second-order valence-corrected chi connectivity index (χ2v) is 5.76. The molecule has 2 amide bonds. The van der Waals surface area contributed by atoms with Crippen molar-refractivity contribution in [1.29, 1.82) is 0 Å². The van der Waals surface area contributed by atoms with Gasteiger partial charge in [-0.3, -0.25) is 0 Å². The number of nitrogens with one attached hydrogen (secondary N) is 2. The molecule has 0 saturated heterocycles. The van der Waals surface area contributed by atoms with Gasteiger partial charge >= 0.3 is 6.03 Å². The summed E-state index contributed by atoms with van der Waals surface area (Å²) in [4.78, 5) is 12.9. The van der Waals surface area contributed by atoms with Crippen molar-refractivity contribution in [1.82, 2.24) is 14.9 Å². The van der Waals surface area contributed by atoms with E-state index in [-0.39, 0.29) is 6.03 Å².